The third-order valence-electron chi connectivity index (χ3n) is 3.83. The average molecular weight is 359 g/mol. The van der Waals surface area contributed by atoms with Crippen LogP contribution in [0.25, 0.3) is 22.5 Å². The van der Waals surface area contributed by atoms with Gasteiger partial charge < -0.3 is 18.9 Å². The van der Waals surface area contributed by atoms with E-state index in [0.29, 0.717) is 17.2 Å². The molecule has 1 atom stereocenters. The molecule has 1 aliphatic heterocycles. The number of aryl methyl sites for hydroxylation is 1. The molecule has 0 spiro atoms. The van der Waals surface area contributed by atoms with E-state index >= 15 is 0 Å². The normalized spacial score (nSPS) is 13.7. The lowest BCUT2D eigenvalue weighted by molar-refractivity contribution is 0.173. The first kappa shape index (κ1) is 15.7. The molecule has 1 unspecified atom stereocenters. The Morgan fingerprint density at radius 3 is 2.76 bits per heavy atom. The Balaban J connectivity index is 1.72. The molecule has 0 aliphatic carbocycles. The lowest BCUT2D eigenvalue weighted by Crippen LogP contribution is -1.93. The van der Waals surface area contributed by atoms with E-state index in [-0.39, 0.29) is 6.79 Å². The molecular weight excluding hydrogens is 345 g/mol. The summed E-state index contributed by atoms with van der Waals surface area (Å²) in [4.78, 5) is 8.83. The molecule has 0 fully saturated rings. The van der Waals surface area contributed by atoms with E-state index in [2.05, 4.69) is 15.4 Å². The Morgan fingerprint density at radius 1 is 1.20 bits per heavy atom. The zero-order chi connectivity index (χ0) is 17.4. The predicted octanol–water partition coefficient (Wildman–Crippen LogP) is 2.94. The fourth-order valence-corrected chi connectivity index (χ4v) is 3.08. The highest BCUT2D eigenvalue weighted by Gasteiger charge is 2.20. The maximum absolute atomic E-state index is 10.8. The van der Waals surface area contributed by atoms with Crippen LogP contribution in [0.2, 0.25) is 0 Å². The monoisotopic (exact) mass is 359 g/mol. The summed E-state index contributed by atoms with van der Waals surface area (Å²) in [6.07, 6.45) is 0. The van der Waals surface area contributed by atoms with E-state index in [9.17, 15) is 4.57 Å². The van der Waals surface area contributed by atoms with Gasteiger partial charge >= 0.3 is 8.25 Å². The molecule has 0 saturated heterocycles. The molecule has 2 aromatic carbocycles. The number of aromatic nitrogens is 3. The number of nitrogens with zero attached hydrogens (tertiary/aromatic N) is 2. The minimum Gasteiger partial charge on any atom is -0.454 e. The van der Waals surface area contributed by atoms with Gasteiger partial charge in [-0.25, -0.2) is 4.57 Å². The smallest absolute Gasteiger partial charge is 0.365 e. The molecule has 3 aromatic rings. The standard InChI is InChI=1S/C16H14N3O5P/c1-9-6-11(7-13-16(9)23-8-22-13)15-14(17-19-18-15)10-2-4-12(5-3-10)24-25(20)21/h2-7,25H,8H2,1H3,(H,20,21)(H,17,18,19). The number of aromatic amines is 1. The number of hydrogen-bond acceptors (Lipinski definition) is 6. The highest BCUT2D eigenvalue weighted by Crippen LogP contribution is 2.40. The lowest BCUT2D eigenvalue weighted by atomic mass is 10.0. The van der Waals surface area contributed by atoms with Crippen molar-refractivity contribution in [2.45, 2.75) is 6.92 Å². The fourth-order valence-electron chi connectivity index (χ4n) is 2.74. The minimum atomic E-state index is -3.02. The number of rotatable bonds is 4. The summed E-state index contributed by atoms with van der Waals surface area (Å²) in [5.74, 6) is 1.75. The average Bonchev–Trinajstić information content (AvgIpc) is 3.24. The second-order valence-electron chi connectivity index (χ2n) is 5.45. The van der Waals surface area contributed by atoms with Gasteiger partial charge in [0.25, 0.3) is 0 Å². The largest absolute Gasteiger partial charge is 0.454 e. The van der Waals surface area contributed by atoms with Crippen molar-refractivity contribution >= 4 is 8.25 Å². The van der Waals surface area contributed by atoms with Crippen molar-refractivity contribution in [3.63, 3.8) is 0 Å². The molecule has 0 amide bonds. The molecular formula is C16H14N3O5P. The first-order valence-electron chi connectivity index (χ1n) is 7.44. The lowest BCUT2D eigenvalue weighted by Gasteiger charge is -2.07. The number of ether oxygens (including phenoxy) is 2. The van der Waals surface area contributed by atoms with Crippen LogP contribution in [0.1, 0.15) is 5.56 Å². The molecule has 0 radical (unpaired) electrons. The number of fused-ring (bicyclic) bond motifs is 1. The van der Waals surface area contributed by atoms with Crippen molar-refractivity contribution in [3.05, 3.63) is 42.0 Å². The zero-order valence-electron chi connectivity index (χ0n) is 13.1. The Bertz CT molecular complexity index is 955. The van der Waals surface area contributed by atoms with Crippen LogP contribution in [0.4, 0.5) is 0 Å². The van der Waals surface area contributed by atoms with Crippen LogP contribution < -0.4 is 14.0 Å². The Labute approximate surface area is 143 Å². The van der Waals surface area contributed by atoms with Crippen LogP contribution in [0, 0.1) is 6.92 Å². The van der Waals surface area contributed by atoms with Gasteiger partial charge in [0.05, 0.1) is 5.69 Å². The Kier molecular flexibility index (Phi) is 3.91. The second-order valence-corrected chi connectivity index (χ2v) is 6.19. The second kappa shape index (κ2) is 6.23. The molecule has 25 heavy (non-hydrogen) atoms. The summed E-state index contributed by atoms with van der Waals surface area (Å²) in [5.41, 5.74) is 4.02. The van der Waals surface area contributed by atoms with Crippen molar-refractivity contribution in [3.8, 4) is 39.8 Å². The molecule has 0 bridgehead atoms. The number of H-pyrrole nitrogens is 1. The van der Waals surface area contributed by atoms with Crippen LogP contribution in [0.3, 0.4) is 0 Å². The molecule has 8 nitrogen and oxygen atoms in total. The van der Waals surface area contributed by atoms with Crippen molar-refractivity contribution in [1.29, 1.82) is 0 Å². The summed E-state index contributed by atoms with van der Waals surface area (Å²) in [5, 5.41) is 11.0. The topological polar surface area (TPSA) is 107 Å². The van der Waals surface area contributed by atoms with Crippen molar-refractivity contribution < 1.29 is 23.5 Å². The molecule has 9 heteroatoms. The molecule has 2 heterocycles. The number of benzene rings is 2. The molecule has 0 saturated carbocycles. The maximum atomic E-state index is 10.8. The first-order chi connectivity index (χ1) is 12.1. The van der Waals surface area contributed by atoms with E-state index in [1.807, 2.05) is 19.1 Å². The van der Waals surface area contributed by atoms with E-state index in [0.717, 1.165) is 28.1 Å². The van der Waals surface area contributed by atoms with E-state index < -0.39 is 8.25 Å². The number of nitrogens with one attached hydrogen (secondary N) is 1. The van der Waals surface area contributed by atoms with Gasteiger partial charge in [0.15, 0.2) is 11.5 Å². The molecule has 1 aliphatic rings. The van der Waals surface area contributed by atoms with Gasteiger partial charge in [-0.15, -0.1) is 5.10 Å². The van der Waals surface area contributed by atoms with Gasteiger partial charge in [-0.2, -0.15) is 0 Å². The van der Waals surface area contributed by atoms with Crippen LogP contribution in [0.5, 0.6) is 17.2 Å². The summed E-state index contributed by atoms with van der Waals surface area (Å²) in [7, 11) is -3.02. The van der Waals surface area contributed by atoms with Gasteiger partial charge in [-0.3, -0.25) is 5.10 Å². The summed E-state index contributed by atoms with van der Waals surface area (Å²) >= 11 is 0. The molecule has 128 valence electrons. The summed E-state index contributed by atoms with van der Waals surface area (Å²) in [6, 6.07) is 10.6. The summed E-state index contributed by atoms with van der Waals surface area (Å²) < 4.78 is 26.5. The van der Waals surface area contributed by atoms with Gasteiger partial charge in [-0.1, -0.05) is 5.21 Å². The van der Waals surface area contributed by atoms with Crippen LogP contribution >= 0.6 is 8.25 Å². The molecule has 4 rings (SSSR count). The van der Waals surface area contributed by atoms with Gasteiger partial charge in [0, 0.05) is 11.1 Å². The molecule has 2 N–H and O–H groups in total. The van der Waals surface area contributed by atoms with Crippen LogP contribution in [-0.4, -0.2) is 27.1 Å². The van der Waals surface area contributed by atoms with Crippen LogP contribution in [-0.2, 0) is 4.57 Å². The van der Waals surface area contributed by atoms with E-state index in [1.54, 1.807) is 24.3 Å². The van der Waals surface area contributed by atoms with Gasteiger partial charge in [-0.05, 0) is 48.9 Å². The molecule has 1 aromatic heterocycles. The van der Waals surface area contributed by atoms with Gasteiger partial charge in [0.1, 0.15) is 11.4 Å². The van der Waals surface area contributed by atoms with E-state index in [1.165, 1.54) is 0 Å². The Morgan fingerprint density at radius 2 is 2.00 bits per heavy atom. The van der Waals surface area contributed by atoms with Crippen molar-refractivity contribution in [1.82, 2.24) is 15.4 Å². The SMILES string of the molecule is Cc1cc(-c2nn[nH]c2-c2ccc(O[PH](=O)O)cc2)cc2c1OCO2. The fraction of sp³-hybridized carbons (Fsp3) is 0.125. The third kappa shape index (κ3) is 2.97. The predicted molar refractivity (Wildman–Crippen MR) is 90.0 cm³/mol. The van der Waals surface area contributed by atoms with Crippen LogP contribution in [0.15, 0.2) is 36.4 Å². The highest BCUT2D eigenvalue weighted by atomic mass is 31.1. The van der Waals surface area contributed by atoms with Crippen molar-refractivity contribution in [2.24, 2.45) is 0 Å². The van der Waals surface area contributed by atoms with Gasteiger partial charge in [0.2, 0.25) is 6.79 Å². The maximum Gasteiger partial charge on any atom is 0.365 e. The highest BCUT2D eigenvalue weighted by molar-refractivity contribution is 7.32. The quantitative estimate of drug-likeness (QED) is 0.690. The number of hydrogen-bond donors (Lipinski definition) is 2. The van der Waals surface area contributed by atoms with Crippen molar-refractivity contribution in [2.75, 3.05) is 6.79 Å². The third-order valence-corrected chi connectivity index (χ3v) is 4.24. The minimum absolute atomic E-state index is 0.209. The Hall–Kier alpha value is -2.83. The zero-order valence-corrected chi connectivity index (χ0v) is 14.1. The van der Waals surface area contributed by atoms with E-state index in [4.69, 9.17) is 18.9 Å². The summed E-state index contributed by atoms with van der Waals surface area (Å²) in [6.45, 7) is 2.15. The first-order valence-corrected chi connectivity index (χ1v) is 8.71.